The van der Waals surface area contributed by atoms with Crippen LogP contribution < -0.4 is 10.6 Å². The van der Waals surface area contributed by atoms with Gasteiger partial charge in [-0.25, -0.2) is 0 Å². The van der Waals surface area contributed by atoms with Gasteiger partial charge < -0.3 is 9.88 Å². The van der Waals surface area contributed by atoms with E-state index in [0.717, 1.165) is 5.56 Å². The molecular formula is C16H21N3OS. The molecule has 0 radical (unpaired) electrons. The normalized spacial score (nSPS) is 21.7. The number of hydrogen-bond donors (Lipinski definition) is 2. The third kappa shape index (κ3) is 2.75. The molecule has 112 valence electrons. The fourth-order valence-corrected chi connectivity index (χ4v) is 3.69. The largest absolute Gasteiger partial charge is 0.346 e. The third-order valence-corrected chi connectivity index (χ3v) is 4.69. The fourth-order valence-electron chi connectivity index (χ4n) is 3.49. The average Bonchev–Trinajstić information content (AvgIpc) is 2.91. The van der Waals surface area contributed by atoms with Gasteiger partial charge >= 0.3 is 0 Å². The molecule has 2 N–H and O–H groups in total. The predicted octanol–water partition coefficient (Wildman–Crippen LogP) is 2.96. The summed E-state index contributed by atoms with van der Waals surface area (Å²) >= 11 is 4.97. The number of aromatic nitrogens is 1. The number of aryl methyl sites for hydroxylation is 1. The van der Waals surface area contributed by atoms with E-state index in [4.69, 9.17) is 12.2 Å². The zero-order chi connectivity index (χ0) is 15.0. The van der Waals surface area contributed by atoms with E-state index in [9.17, 15) is 4.79 Å². The van der Waals surface area contributed by atoms with Crippen LogP contribution in [0.4, 0.5) is 0 Å². The Hall–Kier alpha value is -1.62. The van der Waals surface area contributed by atoms with Crippen LogP contribution in [-0.4, -0.2) is 15.6 Å². The summed E-state index contributed by atoms with van der Waals surface area (Å²) in [5.41, 5.74) is 4.14. The van der Waals surface area contributed by atoms with Crippen molar-refractivity contribution in [2.75, 3.05) is 0 Å². The molecule has 2 fully saturated rings. The number of nitrogens with one attached hydrogen (secondary N) is 2. The highest BCUT2D eigenvalue weighted by molar-refractivity contribution is 7.80. The fraction of sp³-hybridized carbons (Fsp3) is 0.500. The minimum Gasteiger partial charge on any atom is -0.346 e. The zero-order valence-electron chi connectivity index (χ0n) is 12.5. The van der Waals surface area contributed by atoms with E-state index in [2.05, 4.69) is 35.1 Å². The molecule has 2 aliphatic rings. The molecule has 1 aromatic rings. The molecule has 3 rings (SSSR count). The molecule has 0 unspecified atom stereocenters. The highest BCUT2D eigenvalue weighted by Gasteiger charge is 2.23. The molecule has 1 aliphatic heterocycles. The molecule has 0 spiro atoms. The minimum absolute atomic E-state index is 0.150. The van der Waals surface area contributed by atoms with Crippen LogP contribution in [0.25, 0.3) is 6.08 Å². The Labute approximate surface area is 130 Å². The number of carbonyl (C=O) groups excluding carboxylic acids is 1. The van der Waals surface area contributed by atoms with E-state index in [1.807, 2.05) is 6.08 Å². The van der Waals surface area contributed by atoms with Gasteiger partial charge in [-0.05, 0) is 56.6 Å². The van der Waals surface area contributed by atoms with Crippen molar-refractivity contribution in [2.24, 2.45) is 0 Å². The summed E-state index contributed by atoms with van der Waals surface area (Å²) < 4.78 is 2.44. The van der Waals surface area contributed by atoms with Gasteiger partial charge in [0.05, 0.1) is 0 Å². The summed E-state index contributed by atoms with van der Waals surface area (Å²) in [7, 11) is 0. The lowest BCUT2D eigenvalue weighted by Crippen LogP contribution is -2.21. The van der Waals surface area contributed by atoms with Gasteiger partial charge in [-0.15, -0.1) is 0 Å². The van der Waals surface area contributed by atoms with Crippen LogP contribution in [0.5, 0.6) is 0 Å². The Kier molecular flexibility index (Phi) is 3.85. The maximum absolute atomic E-state index is 11.8. The van der Waals surface area contributed by atoms with Crippen molar-refractivity contribution < 1.29 is 4.79 Å². The van der Waals surface area contributed by atoms with Crippen LogP contribution in [0.3, 0.4) is 0 Å². The average molecular weight is 303 g/mol. The van der Waals surface area contributed by atoms with Crippen LogP contribution in [0.15, 0.2) is 11.8 Å². The molecule has 0 bridgehead atoms. The summed E-state index contributed by atoms with van der Waals surface area (Å²) in [5.74, 6) is -0.150. The Morgan fingerprint density at radius 3 is 2.57 bits per heavy atom. The predicted molar refractivity (Wildman–Crippen MR) is 87.9 cm³/mol. The smallest absolute Gasteiger partial charge is 0.273 e. The van der Waals surface area contributed by atoms with Crippen molar-refractivity contribution >= 4 is 29.3 Å². The van der Waals surface area contributed by atoms with Crippen molar-refractivity contribution in [1.29, 1.82) is 0 Å². The molecule has 1 aliphatic carbocycles. The van der Waals surface area contributed by atoms with E-state index < -0.39 is 0 Å². The molecule has 1 amide bonds. The van der Waals surface area contributed by atoms with Gasteiger partial charge in [0, 0.05) is 17.4 Å². The van der Waals surface area contributed by atoms with E-state index in [0.29, 0.717) is 16.9 Å². The number of amides is 1. The van der Waals surface area contributed by atoms with Gasteiger partial charge in [-0.2, -0.15) is 0 Å². The van der Waals surface area contributed by atoms with Crippen molar-refractivity contribution in [3.63, 3.8) is 0 Å². The van der Waals surface area contributed by atoms with Crippen LogP contribution in [-0.2, 0) is 4.79 Å². The number of rotatable bonds is 2. The first-order chi connectivity index (χ1) is 10.1. The third-order valence-electron chi connectivity index (χ3n) is 4.48. The molecule has 0 aromatic carbocycles. The van der Waals surface area contributed by atoms with Crippen molar-refractivity contribution in [1.82, 2.24) is 15.2 Å². The van der Waals surface area contributed by atoms with E-state index in [-0.39, 0.29) is 5.91 Å². The lowest BCUT2D eigenvalue weighted by Gasteiger charge is -2.26. The van der Waals surface area contributed by atoms with Crippen molar-refractivity contribution in [2.45, 2.75) is 52.0 Å². The lowest BCUT2D eigenvalue weighted by molar-refractivity contribution is -0.115. The molecule has 21 heavy (non-hydrogen) atoms. The lowest BCUT2D eigenvalue weighted by atomic mass is 9.95. The number of nitrogens with zero attached hydrogens (tertiary/aromatic N) is 1. The quantitative estimate of drug-likeness (QED) is 0.652. The Morgan fingerprint density at radius 2 is 1.95 bits per heavy atom. The second-order valence-electron chi connectivity index (χ2n) is 5.95. The van der Waals surface area contributed by atoms with E-state index in [1.54, 1.807) is 0 Å². The van der Waals surface area contributed by atoms with Gasteiger partial charge in [-0.3, -0.25) is 10.1 Å². The summed E-state index contributed by atoms with van der Waals surface area (Å²) in [6.45, 7) is 4.29. The first kappa shape index (κ1) is 14.3. The highest BCUT2D eigenvalue weighted by atomic mass is 32.1. The van der Waals surface area contributed by atoms with Crippen LogP contribution in [0.1, 0.15) is 55.1 Å². The van der Waals surface area contributed by atoms with Crippen molar-refractivity contribution in [3.05, 3.63) is 28.7 Å². The second kappa shape index (κ2) is 5.64. The Morgan fingerprint density at radius 1 is 1.24 bits per heavy atom. The molecular weight excluding hydrogens is 282 g/mol. The summed E-state index contributed by atoms with van der Waals surface area (Å²) in [6, 6.07) is 2.77. The monoisotopic (exact) mass is 303 g/mol. The molecule has 1 saturated heterocycles. The maximum atomic E-state index is 11.8. The molecule has 4 nitrogen and oxygen atoms in total. The molecule has 1 saturated carbocycles. The SMILES string of the molecule is Cc1cc(/C=C2\NC(=S)NC2=O)c(C)n1C1CCCCC1. The molecule has 0 atom stereocenters. The van der Waals surface area contributed by atoms with Crippen LogP contribution in [0, 0.1) is 13.8 Å². The zero-order valence-corrected chi connectivity index (χ0v) is 13.3. The summed E-state index contributed by atoms with van der Waals surface area (Å²) in [6.07, 6.45) is 8.40. The summed E-state index contributed by atoms with van der Waals surface area (Å²) in [5, 5.41) is 5.89. The molecule has 2 heterocycles. The van der Waals surface area contributed by atoms with Gasteiger partial charge in [0.1, 0.15) is 5.70 Å². The number of carbonyl (C=O) groups is 1. The van der Waals surface area contributed by atoms with E-state index in [1.165, 1.54) is 43.5 Å². The maximum Gasteiger partial charge on any atom is 0.273 e. The number of thiocarbonyl (C=S) groups is 1. The standard InChI is InChI=1S/C16H21N3OS/c1-10-8-12(9-14-15(20)18-16(21)17-14)11(2)19(10)13-6-4-3-5-7-13/h8-9,13H,3-7H2,1-2H3,(H2,17,18,20,21)/b14-9-. The van der Waals surface area contributed by atoms with Crippen molar-refractivity contribution in [3.8, 4) is 0 Å². The topological polar surface area (TPSA) is 46.1 Å². The van der Waals surface area contributed by atoms with Gasteiger partial charge in [0.2, 0.25) is 0 Å². The summed E-state index contributed by atoms with van der Waals surface area (Å²) in [4.78, 5) is 11.8. The Bertz CT molecular complexity index is 624. The van der Waals surface area contributed by atoms with Gasteiger partial charge in [0.25, 0.3) is 5.91 Å². The van der Waals surface area contributed by atoms with Crippen LogP contribution in [0.2, 0.25) is 0 Å². The Balaban J connectivity index is 1.92. The number of hydrogen-bond acceptors (Lipinski definition) is 2. The molecule has 5 heteroatoms. The van der Waals surface area contributed by atoms with E-state index >= 15 is 0 Å². The molecule has 1 aromatic heterocycles. The second-order valence-corrected chi connectivity index (χ2v) is 6.36. The van der Waals surface area contributed by atoms with Gasteiger partial charge in [0.15, 0.2) is 5.11 Å². The van der Waals surface area contributed by atoms with Crippen LogP contribution >= 0.6 is 12.2 Å². The highest BCUT2D eigenvalue weighted by Crippen LogP contribution is 2.32. The minimum atomic E-state index is -0.150. The van der Waals surface area contributed by atoms with Gasteiger partial charge in [-0.1, -0.05) is 19.3 Å². The first-order valence-corrected chi connectivity index (χ1v) is 7.99. The first-order valence-electron chi connectivity index (χ1n) is 7.58.